The van der Waals surface area contributed by atoms with E-state index in [0.29, 0.717) is 0 Å². The fourth-order valence-electron chi connectivity index (χ4n) is 3.16. The summed E-state index contributed by atoms with van der Waals surface area (Å²) in [7, 11) is 0. The summed E-state index contributed by atoms with van der Waals surface area (Å²) < 4.78 is 14.1. The molecule has 0 aliphatic carbocycles. The highest BCUT2D eigenvalue weighted by molar-refractivity contribution is 7.22. The zero-order chi connectivity index (χ0) is 17.1. The smallest absolute Gasteiger partial charge is 0.183 e. The Morgan fingerprint density at radius 3 is 2.64 bits per heavy atom. The first-order valence-corrected chi connectivity index (χ1v) is 9.42. The number of benzene rings is 2. The summed E-state index contributed by atoms with van der Waals surface area (Å²) in [6.07, 6.45) is 0. The van der Waals surface area contributed by atoms with Crippen molar-refractivity contribution in [2.24, 2.45) is 0 Å². The number of nitrogens with one attached hydrogen (secondary N) is 1. The normalized spacial score (nSPS) is 15.6. The fourth-order valence-corrected chi connectivity index (χ4v) is 4.08. The Kier molecular flexibility index (Phi) is 4.81. The Labute approximate surface area is 150 Å². The summed E-state index contributed by atoms with van der Waals surface area (Å²) in [6.45, 7) is 6.11. The summed E-state index contributed by atoms with van der Waals surface area (Å²) in [5.41, 5.74) is 2.16. The Bertz CT molecular complexity index is 828. The molecule has 0 atom stereocenters. The van der Waals surface area contributed by atoms with Gasteiger partial charge in [-0.2, -0.15) is 0 Å². The van der Waals surface area contributed by atoms with Gasteiger partial charge >= 0.3 is 0 Å². The van der Waals surface area contributed by atoms with Gasteiger partial charge in [-0.15, -0.1) is 0 Å². The topological polar surface area (TPSA) is 31.4 Å². The summed E-state index contributed by atoms with van der Waals surface area (Å²) in [5.74, 6) is -0.209. The molecule has 2 aromatic carbocycles. The zero-order valence-corrected chi connectivity index (χ0v) is 14.8. The maximum Gasteiger partial charge on any atom is 0.183 e. The highest BCUT2D eigenvalue weighted by Crippen LogP contribution is 2.26. The zero-order valence-electron chi connectivity index (χ0n) is 14.0. The third kappa shape index (κ3) is 3.91. The van der Waals surface area contributed by atoms with Crippen LogP contribution in [-0.2, 0) is 0 Å². The predicted molar refractivity (Wildman–Crippen MR) is 103 cm³/mol. The number of anilines is 2. The molecule has 0 bridgehead atoms. The minimum Gasteiger partial charge on any atom is -0.369 e. The Hall–Kier alpha value is -2.18. The average Bonchev–Trinajstić information content (AvgIpc) is 3.05. The number of thiazole rings is 1. The summed E-state index contributed by atoms with van der Waals surface area (Å²) >= 11 is 1.51. The molecular formula is C19H21FN4S. The number of hydrogen-bond acceptors (Lipinski definition) is 5. The molecular weight excluding hydrogens is 335 g/mol. The van der Waals surface area contributed by atoms with E-state index in [4.69, 9.17) is 0 Å². The first kappa shape index (κ1) is 16.3. The lowest BCUT2D eigenvalue weighted by molar-refractivity contribution is 0.267. The first-order valence-electron chi connectivity index (χ1n) is 8.60. The van der Waals surface area contributed by atoms with Crippen LogP contribution in [0.25, 0.3) is 10.2 Å². The number of aromatic nitrogens is 1. The Morgan fingerprint density at radius 1 is 1.04 bits per heavy atom. The number of fused-ring (bicyclic) bond motifs is 1. The number of halogens is 1. The third-order valence-corrected chi connectivity index (χ3v) is 5.52. The van der Waals surface area contributed by atoms with E-state index >= 15 is 0 Å². The van der Waals surface area contributed by atoms with Gasteiger partial charge in [0.1, 0.15) is 5.82 Å². The highest BCUT2D eigenvalue weighted by atomic mass is 32.1. The largest absolute Gasteiger partial charge is 0.369 e. The molecule has 1 aliphatic rings. The van der Waals surface area contributed by atoms with Crippen molar-refractivity contribution in [1.29, 1.82) is 0 Å². The van der Waals surface area contributed by atoms with Crippen molar-refractivity contribution in [3.63, 3.8) is 0 Å². The molecule has 3 aromatic rings. The number of nitrogens with zero attached hydrogens (tertiary/aromatic N) is 3. The highest BCUT2D eigenvalue weighted by Gasteiger charge is 2.16. The van der Waals surface area contributed by atoms with Gasteiger partial charge in [0.25, 0.3) is 0 Å². The maximum absolute atomic E-state index is 13.2. The maximum atomic E-state index is 13.2. The van der Waals surface area contributed by atoms with Crippen LogP contribution < -0.4 is 10.2 Å². The summed E-state index contributed by atoms with van der Waals surface area (Å²) in [6, 6.07) is 15.3. The van der Waals surface area contributed by atoms with Crippen LogP contribution in [0.5, 0.6) is 0 Å². The summed E-state index contributed by atoms with van der Waals surface area (Å²) in [4.78, 5) is 9.41. The number of rotatable bonds is 5. The van der Waals surface area contributed by atoms with Crippen molar-refractivity contribution < 1.29 is 4.39 Å². The van der Waals surface area contributed by atoms with Gasteiger partial charge in [0.15, 0.2) is 5.13 Å². The SMILES string of the molecule is Fc1ccc2nc(NCCN3CCN(c4ccccc4)CC3)sc2c1. The Morgan fingerprint density at radius 2 is 1.84 bits per heavy atom. The molecule has 1 aliphatic heterocycles. The molecule has 0 saturated carbocycles. The van der Waals surface area contributed by atoms with Crippen LogP contribution in [0.2, 0.25) is 0 Å². The number of piperazine rings is 1. The van der Waals surface area contributed by atoms with Gasteiger partial charge in [0, 0.05) is 45.0 Å². The van der Waals surface area contributed by atoms with E-state index in [0.717, 1.165) is 54.6 Å². The van der Waals surface area contributed by atoms with Gasteiger partial charge in [-0.05, 0) is 30.3 Å². The third-order valence-electron chi connectivity index (χ3n) is 4.55. The molecule has 0 spiro atoms. The molecule has 1 fully saturated rings. The summed E-state index contributed by atoms with van der Waals surface area (Å²) in [5, 5.41) is 4.24. The van der Waals surface area contributed by atoms with E-state index < -0.39 is 0 Å². The average molecular weight is 356 g/mol. The second-order valence-corrected chi connectivity index (χ2v) is 7.25. The Balaban J connectivity index is 1.25. The molecule has 25 heavy (non-hydrogen) atoms. The van der Waals surface area contributed by atoms with Gasteiger partial charge in [-0.3, -0.25) is 4.90 Å². The van der Waals surface area contributed by atoms with Crippen LogP contribution in [-0.4, -0.2) is 49.2 Å². The van der Waals surface area contributed by atoms with E-state index in [9.17, 15) is 4.39 Å². The van der Waals surface area contributed by atoms with E-state index in [1.54, 1.807) is 12.1 Å². The van der Waals surface area contributed by atoms with Crippen LogP contribution in [0, 0.1) is 5.82 Å². The van der Waals surface area contributed by atoms with Crippen molar-refractivity contribution in [2.45, 2.75) is 0 Å². The van der Waals surface area contributed by atoms with Gasteiger partial charge in [0.05, 0.1) is 10.2 Å². The lowest BCUT2D eigenvalue weighted by Crippen LogP contribution is -2.47. The second-order valence-electron chi connectivity index (χ2n) is 6.22. The fraction of sp³-hybridized carbons (Fsp3) is 0.316. The first-order chi connectivity index (χ1) is 12.3. The van der Waals surface area contributed by atoms with Gasteiger partial charge < -0.3 is 10.2 Å². The monoisotopic (exact) mass is 356 g/mol. The van der Waals surface area contributed by atoms with E-state index in [1.165, 1.54) is 23.1 Å². The van der Waals surface area contributed by atoms with Crippen LogP contribution >= 0.6 is 11.3 Å². The standard InChI is InChI=1S/C19H21FN4S/c20-15-6-7-17-18(14-15)25-19(22-17)21-8-9-23-10-12-24(13-11-23)16-4-2-1-3-5-16/h1-7,14H,8-13H2,(H,21,22). The van der Waals surface area contributed by atoms with Crippen molar-refractivity contribution >= 4 is 32.4 Å². The molecule has 0 unspecified atom stereocenters. The van der Waals surface area contributed by atoms with E-state index in [1.807, 2.05) is 0 Å². The van der Waals surface area contributed by atoms with Gasteiger partial charge in [-0.25, -0.2) is 9.37 Å². The molecule has 1 N–H and O–H groups in total. The van der Waals surface area contributed by atoms with Crippen LogP contribution in [0.1, 0.15) is 0 Å². The lowest BCUT2D eigenvalue weighted by Gasteiger charge is -2.36. The molecule has 2 heterocycles. The van der Waals surface area contributed by atoms with Crippen LogP contribution in [0.4, 0.5) is 15.2 Å². The number of para-hydroxylation sites is 1. The molecule has 4 rings (SSSR count). The van der Waals surface area contributed by atoms with Crippen molar-refractivity contribution in [3.05, 3.63) is 54.3 Å². The van der Waals surface area contributed by atoms with Crippen LogP contribution in [0.3, 0.4) is 0 Å². The molecule has 0 amide bonds. The molecule has 130 valence electrons. The van der Waals surface area contributed by atoms with Crippen molar-refractivity contribution in [2.75, 3.05) is 49.5 Å². The second kappa shape index (κ2) is 7.37. The molecule has 6 heteroatoms. The minimum atomic E-state index is -0.209. The quantitative estimate of drug-likeness (QED) is 0.756. The predicted octanol–water partition coefficient (Wildman–Crippen LogP) is 3.67. The minimum absolute atomic E-state index is 0.209. The molecule has 1 saturated heterocycles. The molecule has 0 radical (unpaired) electrons. The molecule has 4 nitrogen and oxygen atoms in total. The van der Waals surface area contributed by atoms with Crippen LogP contribution in [0.15, 0.2) is 48.5 Å². The molecule has 1 aromatic heterocycles. The van der Waals surface area contributed by atoms with Gasteiger partial charge in [0.2, 0.25) is 0 Å². The van der Waals surface area contributed by atoms with Crippen molar-refractivity contribution in [3.8, 4) is 0 Å². The van der Waals surface area contributed by atoms with Gasteiger partial charge in [-0.1, -0.05) is 29.5 Å². The van der Waals surface area contributed by atoms with E-state index in [2.05, 4.69) is 50.4 Å². The number of hydrogen-bond donors (Lipinski definition) is 1. The lowest BCUT2D eigenvalue weighted by atomic mass is 10.2. The van der Waals surface area contributed by atoms with Crippen molar-refractivity contribution in [1.82, 2.24) is 9.88 Å². The van der Waals surface area contributed by atoms with E-state index in [-0.39, 0.29) is 5.82 Å².